The Bertz CT molecular complexity index is 981. The van der Waals surface area contributed by atoms with Gasteiger partial charge >= 0.3 is 0 Å². The van der Waals surface area contributed by atoms with Crippen molar-refractivity contribution in [3.63, 3.8) is 0 Å². The summed E-state index contributed by atoms with van der Waals surface area (Å²) in [6.45, 7) is 0.556. The zero-order valence-electron chi connectivity index (χ0n) is 16.0. The third-order valence-electron chi connectivity index (χ3n) is 4.35. The summed E-state index contributed by atoms with van der Waals surface area (Å²) >= 11 is 8.84. The van der Waals surface area contributed by atoms with Crippen molar-refractivity contribution in [1.82, 2.24) is 5.32 Å². The first-order valence-electron chi connectivity index (χ1n) is 9.15. The van der Waals surface area contributed by atoms with Crippen molar-refractivity contribution >= 4 is 44.9 Å². The first-order chi connectivity index (χ1) is 14.0. The number of ether oxygens (including phenoxy) is 1. The molecule has 0 aromatic heterocycles. The minimum Gasteiger partial charge on any atom is -0.492 e. The van der Waals surface area contributed by atoms with E-state index < -0.39 is 0 Å². The molecule has 0 bridgehead atoms. The van der Waals surface area contributed by atoms with Gasteiger partial charge in [0, 0.05) is 24.7 Å². The molecule has 0 atom stereocenters. The van der Waals surface area contributed by atoms with Crippen LogP contribution in [-0.4, -0.2) is 24.7 Å². The molecule has 0 aliphatic carbocycles. The maximum Gasteiger partial charge on any atom is 0.257 e. The Morgan fingerprint density at radius 1 is 1.03 bits per heavy atom. The molecule has 0 fully saturated rings. The topological polar surface area (TPSA) is 41.6 Å². The number of carbonyl (C=O) groups is 1. The quantitative estimate of drug-likeness (QED) is 0.503. The van der Waals surface area contributed by atoms with Crippen molar-refractivity contribution in [1.29, 1.82) is 0 Å². The van der Waals surface area contributed by atoms with E-state index in [1.807, 2.05) is 55.6 Å². The first kappa shape index (κ1) is 21.0. The standard InChI is InChI=1S/C23H21BrN2O2S/c1-26(19-10-6-3-7-11-19)23(29)25-22(27)18-12-13-21(20(24)16-18)28-15-14-17-8-4-2-5-9-17/h2-13,16H,14-15H2,1H3,(H,25,27,29). The average molecular weight is 469 g/mol. The predicted molar refractivity (Wildman–Crippen MR) is 125 cm³/mol. The Morgan fingerprint density at radius 3 is 2.34 bits per heavy atom. The van der Waals surface area contributed by atoms with Crippen molar-refractivity contribution in [2.24, 2.45) is 0 Å². The highest BCUT2D eigenvalue weighted by Gasteiger charge is 2.14. The smallest absolute Gasteiger partial charge is 0.257 e. The van der Waals surface area contributed by atoms with Crippen molar-refractivity contribution < 1.29 is 9.53 Å². The fourth-order valence-electron chi connectivity index (χ4n) is 2.70. The van der Waals surface area contributed by atoms with Gasteiger partial charge in [0.2, 0.25) is 0 Å². The summed E-state index contributed by atoms with van der Waals surface area (Å²) in [5.74, 6) is 0.427. The van der Waals surface area contributed by atoms with E-state index in [9.17, 15) is 4.79 Å². The number of hydrogen-bond donors (Lipinski definition) is 1. The van der Waals surface area contributed by atoms with Crippen LogP contribution in [0.3, 0.4) is 0 Å². The Morgan fingerprint density at radius 2 is 1.69 bits per heavy atom. The second-order valence-corrected chi connectivity index (χ2v) is 7.62. The number of para-hydroxylation sites is 1. The number of amides is 1. The number of rotatable bonds is 6. The predicted octanol–water partition coefficient (Wildman–Crippen LogP) is 5.22. The van der Waals surface area contributed by atoms with E-state index in [0.29, 0.717) is 23.0 Å². The minimum absolute atomic E-state index is 0.269. The molecule has 0 aliphatic heterocycles. The summed E-state index contributed by atoms with van der Waals surface area (Å²) in [6, 6.07) is 25.0. The molecule has 0 saturated carbocycles. The van der Waals surface area contributed by atoms with Gasteiger partial charge in [-0.05, 0) is 64.0 Å². The minimum atomic E-state index is -0.269. The molecular weight excluding hydrogens is 448 g/mol. The van der Waals surface area contributed by atoms with Gasteiger partial charge in [-0.3, -0.25) is 10.1 Å². The highest BCUT2D eigenvalue weighted by molar-refractivity contribution is 9.10. The van der Waals surface area contributed by atoms with Gasteiger partial charge in [-0.1, -0.05) is 48.5 Å². The lowest BCUT2D eigenvalue weighted by atomic mass is 10.2. The van der Waals surface area contributed by atoms with Crippen molar-refractivity contribution in [3.8, 4) is 5.75 Å². The fourth-order valence-corrected chi connectivity index (χ4v) is 3.40. The number of hydrogen-bond acceptors (Lipinski definition) is 3. The number of thiocarbonyl (C=S) groups is 1. The van der Waals surface area contributed by atoms with Crippen molar-refractivity contribution in [2.45, 2.75) is 6.42 Å². The van der Waals surface area contributed by atoms with Gasteiger partial charge in [-0.25, -0.2) is 0 Å². The molecule has 6 heteroatoms. The molecule has 0 saturated heterocycles. The van der Waals surface area contributed by atoms with Gasteiger partial charge in [-0.15, -0.1) is 0 Å². The van der Waals surface area contributed by atoms with Crippen LogP contribution in [0.2, 0.25) is 0 Å². The SMILES string of the molecule is CN(C(=S)NC(=O)c1ccc(OCCc2ccccc2)c(Br)c1)c1ccccc1. The first-order valence-corrected chi connectivity index (χ1v) is 10.3. The molecule has 0 unspecified atom stereocenters. The monoisotopic (exact) mass is 468 g/mol. The molecule has 0 spiro atoms. The van der Waals surface area contributed by atoms with Crippen LogP contribution in [0, 0.1) is 0 Å². The second kappa shape index (κ2) is 10.2. The van der Waals surface area contributed by atoms with Gasteiger partial charge in [-0.2, -0.15) is 0 Å². The van der Waals surface area contributed by atoms with E-state index in [0.717, 1.165) is 16.6 Å². The highest BCUT2D eigenvalue weighted by atomic mass is 79.9. The summed E-state index contributed by atoms with van der Waals surface area (Å²) in [7, 11) is 1.82. The van der Waals surface area contributed by atoms with Crippen LogP contribution in [-0.2, 0) is 6.42 Å². The van der Waals surface area contributed by atoms with Crippen LogP contribution in [0.1, 0.15) is 15.9 Å². The second-order valence-electron chi connectivity index (χ2n) is 6.38. The lowest BCUT2D eigenvalue weighted by Gasteiger charge is -2.20. The number of nitrogens with zero attached hydrogens (tertiary/aromatic N) is 1. The molecular formula is C23H21BrN2O2S. The Hall–Kier alpha value is -2.70. The molecule has 4 nitrogen and oxygen atoms in total. The maximum atomic E-state index is 12.6. The van der Waals surface area contributed by atoms with E-state index in [1.54, 1.807) is 23.1 Å². The number of carbonyl (C=O) groups excluding carboxylic acids is 1. The van der Waals surface area contributed by atoms with Gasteiger partial charge in [0.15, 0.2) is 5.11 Å². The molecule has 3 rings (SSSR count). The zero-order valence-corrected chi connectivity index (χ0v) is 18.4. The third kappa shape index (κ3) is 5.89. The molecule has 29 heavy (non-hydrogen) atoms. The summed E-state index contributed by atoms with van der Waals surface area (Å²) in [5.41, 5.74) is 2.62. The summed E-state index contributed by atoms with van der Waals surface area (Å²) in [4.78, 5) is 14.3. The lowest BCUT2D eigenvalue weighted by molar-refractivity contribution is 0.0977. The van der Waals surface area contributed by atoms with Gasteiger partial charge < -0.3 is 9.64 Å². The zero-order chi connectivity index (χ0) is 20.6. The largest absolute Gasteiger partial charge is 0.492 e. The van der Waals surface area contributed by atoms with Gasteiger partial charge in [0.05, 0.1) is 11.1 Å². The average Bonchev–Trinajstić information content (AvgIpc) is 2.75. The number of nitrogens with one attached hydrogen (secondary N) is 1. The molecule has 1 amide bonds. The molecule has 3 aromatic carbocycles. The maximum absolute atomic E-state index is 12.6. The summed E-state index contributed by atoms with van der Waals surface area (Å²) in [5, 5.41) is 3.10. The third-order valence-corrected chi connectivity index (χ3v) is 5.35. The molecule has 3 aromatic rings. The highest BCUT2D eigenvalue weighted by Crippen LogP contribution is 2.26. The summed E-state index contributed by atoms with van der Waals surface area (Å²) < 4.78 is 6.56. The van der Waals surface area contributed by atoms with Crippen LogP contribution in [0.15, 0.2) is 83.3 Å². The summed E-state index contributed by atoms with van der Waals surface area (Å²) in [6.07, 6.45) is 0.815. The number of benzene rings is 3. The van der Waals surface area contributed by atoms with Crippen LogP contribution in [0.4, 0.5) is 5.69 Å². The molecule has 148 valence electrons. The molecule has 1 N–H and O–H groups in total. The van der Waals surface area contributed by atoms with Gasteiger partial charge in [0.1, 0.15) is 5.75 Å². The van der Waals surface area contributed by atoms with Gasteiger partial charge in [0.25, 0.3) is 5.91 Å². The normalized spacial score (nSPS) is 10.3. The number of halogens is 1. The number of anilines is 1. The van der Waals surface area contributed by atoms with Crippen LogP contribution >= 0.6 is 28.1 Å². The van der Waals surface area contributed by atoms with Crippen molar-refractivity contribution in [2.75, 3.05) is 18.6 Å². The Labute approximate surface area is 184 Å². The van der Waals surface area contributed by atoms with E-state index in [1.165, 1.54) is 5.56 Å². The van der Waals surface area contributed by atoms with Crippen molar-refractivity contribution in [3.05, 3.63) is 94.5 Å². The lowest BCUT2D eigenvalue weighted by Crippen LogP contribution is -2.40. The van der Waals surface area contributed by atoms with E-state index in [4.69, 9.17) is 17.0 Å². The van der Waals surface area contributed by atoms with Crippen LogP contribution in [0.5, 0.6) is 5.75 Å². The van der Waals surface area contributed by atoms with E-state index >= 15 is 0 Å². The molecule has 0 radical (unpaired) electrons. The Kier molecular flexibility index (Phi) is 7.38. The Balaban J connectivity index is 1.57. The molecule has 0 heterocycles. The van der Waals surface area contributed by atoms with Crippen LogP contribution in [0.25, 0.3) is 0 Å². The van der Waals surface area contributed by atoms with Crippen LogP contribution < -0.4 is 15.0 Å². The fraction of sp³-hybridized carbons (Fsp3) is 0.130. The van der Waals surface area contributed by atoms with E-state index in [2.05, 4.69) is 33.4 Å². The van der Waals surface area contributed by atoms with E-state index in [-0.39, 0.29) is 5.91 Å². The molecule has 0 aliphatic rings.